The lowest BCUT2D eigenvalue weighted by atomic mass is 10.1. The molecule has 6 heteroatoms. The van der Waals surface area contributed by atoms with Crippen molar-refractivity contribution in [3.8, 4) is 11.5 Å². The lowest BCUT2D eigenvalue weighted by Crippen LogP contribution is -2.34. The van der Waals surface area contributed by atoms with Crippen LogP contribution in [-0.4, -0.2) is 36.2 Å². The minimum Gasteiger partial charge on any atom is -0.493 e. The predicted molar refractivity (Wildman–Crippen MR) is 114 cm³/mol. The van der Waals surface area contributed by atoms with Gasteiger partial charge in [0.1, 0.15) is 18.2 Å². The van der Waals surface area contributed by atoms with Crippen LogP contribution in [0.1, 0.15) is 44.9 Å². The molecule has 1 fully saturated rings. The van der Waals surface area contributed by atoms with Crippen LogP contribution < -0.4 is 9.47 Å². The van der Waals surface area contributed by atoms with Gasteiger partial charge >= 0.3 is 6.09 Å². The number of benzene rings is 2. The van der Waals surface area contributed by atoms with Crippen molar-refractivity contribution >= 4 is 18.1 Å². The normalized spacial score (nSPS) is 17.0. The summed E-state index contributed by atoms with van der Waals surface area (Å²) in [5, 5.41) is 0. The largest absolute Gasteiger partial charge is 0.493 e. The van der Waals surface area contributed by atoms with E-state index in [1.54, 1.807) is 26.2 Å². The van der Waals surface area contributed by atoms with Crippen LogP contribution in [0.25, 0.3) is 6.08 Å². The number of cyclic esters (lactones) is 1. The third kappa shape index (κ3) is 4.82. The molecule has 1 saturated heterocycles. The van der Waals surface area contributed by atoms with E-state index in [1.807, 2.05) is 63.2 Å². The topological polar surface area (TPSA) is 65.1 Å². The smallest absolute Gasteiger partial charge is 0.417 e. The highest BCUT2D eigenvalue weighted by molar-refractivity contribution is 6.05. The first-order valence-corrected chi connectivity index (χ1v) is 9.80. The lowest BCUT2D eigenvalue weighted by molar-refractivity contribution is -0.125. The molecule has 6 nitrogen and oxygen atoms in total. The summed E-state index contributed by atoms with van der Waals surface area (Å²) in [6.45, 7) is 7.68. The Bertz CT molecular complexity index is 959. The number of amides is 2. The van der Waals surface area contributed by atoms with Crippen LogP contribution in [0.3, 0.4) is 0 Å². The van der Waals surface area contributed by atoms with Crippen molar-refractivity contribution in [2.24, 2.45) is 0 Å². The van der Waals surface area contributed by atoms with Crippen molar-refractivity contribution in [3.63, 3.8) is 0 Å². The maximum absolute atomic E-state index is 13.1. The van der Waals surface area contributed by atoms with E-state index in [1.165, 1.54) is 4.90 Å². The average Bonchev–Trinajstić information content (AvgIpc) is 3.08. The molecule has 0 aromatic heterocycles. The lowest BCUT2D eigenvalue weighted by Gasteiger charge is -2.23. The fourth-order valence-electron chi connectivity index (χ4n) is 3.26. The Labute approximate surface area is 177 Å². The molecule has 158 valence electrons. The van der Waals surface area contributed by atoms with Gasteiger partial charge in [-0.1, -0.05) is 36.4 Å². The summed E-state index contributed by atoms with van der Waals surface area (Å²) in [4.78, 5) is 26.5. The van der Waals surface area contributed by atoms with Gasteiger partial charge in [-0.15, -0.1) is 0 Å². The van der Waals surface area contributed by atoms with E-state index >= 15 is 0 Å². The van der Waals surface area contributed by atoms with Gasteiger partial charge in [-0.2, -0.15) is 0 Å². The summed E-state index contributed by atoms with van der Waals surface area (Å²) < 4.78 is 16.5. The quantitative estimate of drug-likeness (QED) is 0.651. The molecule has 2 aromatic carbocycles. The molecule has 3 rings (SSSR count). The molecule has 1 atom stereocenters. The van der Waals surface area contributed by atoms with E-state index in [9.17, 15) is 9.59 Å². The highest BCUT2D eigenvalue weighted by Gasteiger charge is 2.39. The molecule has 0 aliphatic carbocycles. The van der Waals surface area contributed by atoms with Crippen LogP contribution in [-0.2, 0) is 9.53 Å². The van der Waals surface area contributed by atoms with E-state index in [4.69, 9.17) is 14.2 Å². The molecule has 1 aliphatic heterocycles. The fraction of sp³-hybridized carbons (Fsp3) is 0.333. The molecule has 2 amide bonds. The Hall–Kier alpha value is -3.28. The van der Waals surface area contributed by atoms with Gasteiger partial charge < -0.3 is 14.2 Å². The summed E-state index contributed by atoms with van der Waals surface area (Å²) in [5.74, 6) is 0.806. The summed E-state index contributed by atoms with van der Waals surface area (Å²) in [5.41, 5.74) is 1.64. The maximum atomic E-state index is 13.1. The predicted octanol–water partition coefficient (Wildman–Crippen LogP) is 5.00. The van der Waals surface area contributed by atoms with Gasteiger partial charge in [-0.3, -0.25) is 4.79 Å². The number of hydrogen-bond donors (Lipinski definition) is 0. The van der Waals surface area contributed by atoms with Crippen LogP contribution >= 0.6 is 0 Å². The van der Waals surface area contributed by atoms with Crippen molar-refractivity contribution in [3.05, 3.63) is 65.2 Å². The monoisotopic (exact) mass is 409 g/mol. The minimum atomic E-state index is -0.631. The molecule has 0 bridgehead atoms. The highest BCUT2D eigenvalue weighted by atomic mass is 16.6. The zero-order valence-electron chi connectivity index (χ0n) is 18.0. The van der Waals surface area contributed by atoms with Gasteiger partial charge in [0.15, 0.2) is 11.5 Å². The zero-order chi connectivity index (χ0) is 21.9. The summed E-state index contributed by atoms with van der Waals surface area (Å²) in [6, 6.07) is 14.4. The number of imide groups is 1. The van der Waals surface area contributed by atoms with E-state index < -0.39 is 17.7 Å². The molecular formula is C24H27NO5. The molecule has 0 unspecified atom stereocenters. The zero-order valence-corrected chi connectivity index (χ0v) is 18.0. The number of methoxy groups -OCH3 is 1. The third-order valence-electron chi connectivity index (χ3n) is 4.60. The van der Waals surface area contributed by atoms with E-state index in [0.29, 0.717) is 17.1 Å². The molecule has 2 aromatic rings. The van der Waals surface area contributed by atoms with Crippen LogP contribution in [0, 0.1) is 0 Å². The van der Waals surface area contributed by atoms with Crippen molar-refractivity contribution in [1.82, 2.24) is 4.90 Å². The number of nitrogens with zero attached hydrogens (tertiary/aromatic N) is 1. The standard InChI is InChI=1S/C24H27NO5/c1-16(13-17-11-12-20(28-5)21(14-17)30-24(2,3)4)22(26)25-19(15-29-23(25)27)18-9-7-6-8-10-18/h6-14,19H,15H2,1-5H3/t19-/m0/s1. The molecule has 0 radical (unpaired) electrons. The highest BCUT2D eigenvalue weighted by Crippen LogP contribution is 2.33. The molecule has 0 saturated carbocycles. The third-order valence-corrected chi connectivity index (χ3v) is 4.60. The van der Waals surface area contributed by atoms with Crippen molar-refractivity contribution in [2.45, 2.75) is 39.3 Å². The van der Waals surface area contributed by atoms with Crippen molar-refractivity contribution in [1.29, 1.82) is 0 Å². The summed E-state index contributed by atoms with van der Waals surface area (Å²) in [7, 11) is 1.58. The maximum Gasteiger partial charge on any atom is 0.417 e. The summed E-state index contributed by atoms with van der Waals surface area (Å²) in [6.07, 6.45) is 1.10. The van der Waals surface area contributed by atoms with Gasteiger partial charge in [-0.05, 0) is 57.0 Å². The van der Waals surface area contributed by atoms with Gasteiger partial charge in [0.25, 0.3) is 5.91 Å². The number of carbonyl (C=O) groups excluding carboxylic acids is 2. The van der Waals surface area contributed by atoms with E-state index in [0.717, 1.165) is 11.1 Å². The Morgan fingerprint density at radius 1 is 1.13 bits per heavy atom. The van der Waals surface area contributed by atoms with Crippen molar-refractivity contribution < 1.29 is 23.8 Å². The number of hydrogen-bond acceptors (Lipinski definition) is 5. The molecule has 30 heavy (non-hydrogen) atoms. The molecule has 0 spiro atoms. The number of carbonyl (C=O) groups is 2. The van der Waals surface area contributed by atoms with E-state index in [-0.39, 0.29) is 12.5 Å². The van der Waals surface area contributed by atoms with Gasteiger partial charge in [-0.25, -0.2) is 9.69 Å². The average molecular weight is 409 g/mol. The first-order valence-electron chi connectivity index (χ1n) is 9.80. The molecule has 0 N–H and O–H groups in total. The first-order chi connectivity index (χ1) is 14.2. The van der Waals surface area contributed by atoms with E-state index in [2.05, 4.69) is 0 Å². The van der Waals surface area contributed by atoms with Gasteiger partial charge in [0.2, 0.25) is 0 Å². The number of rotatable bonds is 5. The number of ether oxygens (including phenoxy) is 3. The first kappa shape index (κ1) is 21.4. The second-order valence-corrected chi connectivity index (χ2v) is 8.13. The van der Waals surface area contributed by atoms with Gasteiger partial charge in [0.05, 0.1) is 7.11 Å². The van der Waals surface area contributed by atoms with Gasteiger partial charge in [0, 0.05) is 5.57 Å². The summed E-state index contributed by atoms with van der Waals surface area (Å²) >= 11 is 0. The van der Waals surface area contributed by atoms with Crippen molar-refractivity contribution in [2.75, 3.05) is 13.7 Å². The second-order valence-electron chi connectivity index (χ2n) is 8.13. The molecule has 1 aliphatic rings. The van der Waals surface area contributed by atoms with Crippen LogP contribution in [0.4, 0.5) is 4.79 Å². The second kappa shape index (κ2) is 8.61. The fourth-order valence-corrected chi connectivity index (χ4v) is 3.26. The Kier molecular flexibility index (Phi) is 6.15. The Morgan fingerprint density at radius 3 is 2.47 bits per heavy atom. The molecule has 1 heterocycles. The van der Waals surface area contributed by atoms with Crippen LogP contribution in [0.2, 0.25) is 0 Å². The molecular weight excluding hydrogens is 382 g/mol. The van der Waals surface area contributed by atoms with Crippen LogP contribution in [0.5, 0.6) is 11.5 Å². The Morgan fingerprint density at radius 2 is 1.83 bits per heavy atom. The van der Waals surface area contributed by atoms with Crippen LogP contribution in [0.15, 0.2) is 54.1 Å². The SMILES string of the molecule is COc1ccc(C=C(C)C(=O)N2C(=O)OC[C@H]2c2ccccc2)cc1OC(C)(C)C. The minimum absolute atomic E-state index is 0.147. The Balaban J connectivity index is 1.88.